The van der Waals surface area contributed by atoms with E-state index in [4.69, 9.17) is 4.74 Å². The number of carboxylic acid groups (broad SMARTS) is 1. The number of methoxy groups -OCH3 is 1. The molecule has 0 aliphatic carbocycles. The molecule has 1 aromatic carbocycles. The van der Waals surface area contributed by atoms with Gasteiger partial charge in [-0.1, -0.05) is 24.6 Å². The SMILES string of the molecule is CCCN(Cc1nccn1C)[C@H](C(=O)O)c1cc(C)ccc1OC. The van der Waals surface area contributed by atoms with Crippen LogP contribution in [0, 0.1) is 6.92 Å². The van der Waals surface area contributed by atoms with Crippen molar-refractivity contribution in [2.75, 3.05) is 13.7 Å². The van der Waals surface area contributed by atoms with E-state index in [9.17, 15) is 9.90 Å². The fraction of sp³-hybridized carbons (Fsp3) is 0.444. The minimum Gasteiger partial charge on any atom is -0.496 e. The maximum absolute atomic E-state index is 12.1. The van der Waals surface area contributed by atoms with E-state index in [1.165, 1.54) is 0 Å². The predicted molar refractivity (Wildman–Crippen MR) is 92.0 cm³/mol. The molecular formula is C18H25N3O3. The normalized spacial score (nSPS) is 12.4. The quantitative estimate of drug-likeness (QED) is 0.805. The number of aliphatic carboxylic acids is 1. The summed E-state index contributed by atoms with van der Waals surface area (Å²) in [7, 11) is 3.48. The largest absolute Gasteiger partial charge is 0.496 e. The molecule has 1 aromatic heterocycles. The minimum atomic E-state index is -0.887. The number of hydrogen-bond donors (Lipinski definition) is 1. The fourth-order valence-corrected chi connectivity index (χ4v) is 2.87. The number of aryl methyl sites for hydroxylation is 2. The molecule has 0 spiro atoms. The smallest absolute Gasteiger partial charge is 0.325 e. The average Bonchev–Trinajstić information content (AvgIpc) is 2.93. The van der Waals surface area contributed by atoms with Gasteiger partial charge in [-0.3, -0.25) is 9.69 Å². The molecule has 0 radical (unpaired) electrons. The van der Waals surface area contributed by atoms with E-state index < -0.39 is 12.0 Å². The van der Waals surface area contributed by atoms with E-state index in [0.29, 0.717) is 24.4 Å². The van der Waals surface area contributed by atoms with Crippen molar-refractivity contribution in [3.63, 3.8) is 0 Å². The van der Waals surface area contributed by atoms with Crippen LogP contribution in [0.15, 0.2) is 30.6 Å². The van der Waals surface area contributed by atoms with Gasteiger partial charge in [-0.05, 0) is 26.0 Å². The number of ether oxygens (including phenoxy) is 1. The molecule has 0 amide bonds. The van der Waals surface area contributed by atoms with Crippen LogP contribution in [0.3, 0.4) is 0 Å². The first-order chi connectivity index (χ1) is 11.5. The average molecular weight is 331 g/mol. The molecule has 24 heavy (non-hydrogen) atoms. The van der Waals surface area contributed by atoms with Gasteiger partial charge in [0, 0.05) is 25.0 Å². The van der Waals surface area contributed by atoms with Gasteiger partial charge < -0.3 is 14.4 Å². The van der Waals surface area contributed by atoms with Crippen molar-refractivity contribution in [2.45, 2.75) is 32.9 Å². The molecule has 0 aliphatic heterocycles. The molecule has 130 valence electrons. The molecule has 1 atom stereocenters. The number of rotatable bonds is 8. The summed E-state index contributed by atoms with van der Waals surface area (Å²) < 4.78 is 7.32. The van der Waals surface area contributed by atoms with Crippen LogP contribution in [-0.2, 0) is 18.4 Å². The van der Waals surface area contributed by atoms with Crippen LogP contribution in [-0.4, -0.2) is 39.2 Å². The molecule has 1 heterocycles. The highest BCUT2D eigenvalue weighted by atomic mass is 16.5. The molecule has 0 unspecified atom stereocenters. The molecule has 2 aromatic rings. The Bertz CT molecular complexity index is 697. The molecule has 0 fully saturated rings. The fourth-order valence-electron chi connectivity index (χ4n) is 2.87. The van der Waals surface area contributed by atoms with Crippen LogP contribution in [0.25, 0.3) is 0 Å². The van der Waals surface area contributed by atoms with Gasteiger partial charge in [0.25, 0.3) is 0 Å². The summed E-state index contributed by atoms with van der Waals surface area (Å²) in [5.41, 5.74) is 1.68. The number of carbonyl (C=O) groups is 1. The van der Waals surface area contributed by atoms with Crippen LogP contribution in [0.2, 0.25) is 0 Å². The zero-order valence-corrected chi connectivity index (χ0v) is 14.7. The highest BCUT2D eigenvalue weighted by Gasteiger charge is 2.30. The van der Waals surface area contributed by atoms with Crippen molar-refractivity contribution in [3.05, 3.63) is 47.5 Å². The van der Waals surface area contributed by atoms with Gasteiger partial charge in [0.2, 0.25) is 0 Å². The van der Waals surface area contributed by atoms with Crippen LogP contribution in [0.1, 0.15) is 36.3 Å². The maximum atomic E-state index is 12.1. The number of carboxylic acids is 1. The molecule has 0 aliphatic rings. The molecular weight excluding hydrogens is 306 g/mol. The Kier molecular flexibility index (Phi) is 5.98. The Morgan fingerprint density at radius 2 is 2.21 bits per heavy atom. The highest BCUT2D eigenvalue weighted by Crippen LogP contribution is 2.31. The number of nitrogens with zero attached hydrogens (tertiary/aromatic N) is 3. The molecule has 0 saturated heterocycles. The van der Waals surface area contributed by atoms with E-state index in [2.05, 4.69) is 4.98 Å². The zero-order valence-electron chi connectivity index (χ0n) is 14.7. The van der Waals surface area contributed by atoms with Crippen LogP contribution in [0.5, 0.6) is 5.75 Å². The van der Waals surface area contributed by atoms with Crippen molar-refractivity contribution >= 4 is 5.97 Å². The zero-order chi connectivity index (χ0) is 17.7. The molecule has 6 nitrogen and oxygen atoms in total. The standard InChI is InChI=1S/C18H25N3O3/c1-5-9-21(12-16-19-8-10-20(16)3)17(18(22)23)14-11-13(2)6-7-15(14)24-4/h6-8,10-11,17H,5,9,12H2,1-4H3,(H,22,23)/t17-/m0/s1. The van der Waals surface area contributed by atoms with Crippen molar-refractivity contribution < 1.29 is 14.6 Å². The van der Waals surface area contributed by atoms with E-state index >= 15 is 0 Å². The number of imidazole rings is 1. The lowest BCUT2D eigenvalue weighted by atomic mass is 10.0. The maximum Gasteiger partial charge on any atom is 0.325 e. The van der Waals surface area contributed by atoms with Gasteiger partial charge in [-0.2, -0.15) is 0 Å². The van der Waals surface area contributed by atoms with E-state index in [1.807, 2.05) is 54.8 Å². The van der Waals surface area contributed by atoms with Crippen molar-refractivity contribution in [3.8, 4) is 5.75 Å². The Hall–Kier alpha value is -2.34. The van der Waals surface area contributed by atoms with Gasteiger partial charge >= 0.3 is 5.97 Å². The van der Waals surface area contributed by atoms with Crippen LogP contribution < -0.4 is 4.74 Å². The summed E-state index contributed by atoms with van der Waals surface area (Å²) in [5, 5.41) is 9.91. The lowest BCUT2D eigenvalue weighted by Gasteiger charge is -2.29. The molecule has 2 rings (SSSR count). The first-order valence-electron chi connectivity index (χ1n) is 8.05. The second-order valence-electron chi connectivity index (χ2n) is 5.91. The van der Waals surface area contributed by atoms with Gasteiger partial charge in [0.05, 0.1) is 13.7 Å². The summed E-state index contributed by atoms with van der Waals surface area (Å²) in [4.78, 5) is 18.3. The summed E-state index contributed by atoms with van der Waals surface area (Å²) >= 11 is 0. The Morgan fingerprint density at radius 3 is 2.75 bits per heavy atom. The van der Waals surface area contributed by atoms with Gasteiger partial charge in [0.1, 0.15) is 17.6 Å². The topological polar surface area (TPSA) is 67.6 Å². The first kappa shape index (κ1) is 18.0. The number of benzene rings is 1. The molecule has 0 saturated carbocycles. The van der Waals surface area contributed by atoms with Crippen LogP contribution in [0.4, 0.5) is 0 Å². The summed E-state index contributed by atoms with van der Waals surface area (Å²) in [5.74, 6) is 0.539. The van der Waals surface area contributed by atoms with E-state index in [-0.39, 0.29) is 0 Å². The minimum absolute atomic E-state index is 0.464. The third-order valence-electron chi connectivity index (χ3n) is 4.06. The van der Waals surface area contributed by atoms with Crippen molar-refractivity contribution in [1.29, 1.82) is 0 Å². The molecule has 6 heteroatoms. The second-order valence-corrected chi connectivity index (χ2v) is 5.91. The number of hydrogen-bond acceptors (Lipinski definition) is 4. The lowest BCUT2D eigenvalue weighted by molar-refractivity contribution is -0.144. The summed E-state index contributed by atoms with van der Waals surface area (Å²) in [6, 6.07) is 4.85. The number of aromatic nitrogens is 2. The highest BCUT2D eigenvalue weighted by molar-refractivity contribution is 5.77. The monoisotopic (exact) mass is 331 g/mol. The second kappa shape index (κ2) is 7.97. The Labute approximate surface area is 142 Å². The molecule has 1 N–H and O–H groups in total. The van der Waals surface area contributed by atoms with Gasteiger partial charge in [-0.25, -0.2) is 4.98 Å². The van der Waals surface area contributed by atoms with E-state index in [0.717, 1.165) is 17.8 Å². The third-order valence-corrected chi connectivity index (χ3v) is 4.06. The summed E-state index contributed by atoms with van der Waals surface area (Å²) in [6.07, 6.45) is 4.44. The van der Waals surface area contributed by atoms with Gasteiger partial charge in [-0.15, -0.1) is 0 Å². The Balaban J connectivity index is 2.44. The molecule has 0 bridgehead atoms. The van der Waals surface area contributed by atoms with Crippen molar-refractivity contribution in [1.82, 2.24) is 14.5 Å². The van der Waals surface area contributed by atoms with Crippen LogP contribution >= 0.6 is 0 Å². The Morgan fingerprint density at radius 1 is 1.46 bits per heavy atom. The predicted octanol–water partition coefficient (Wildman–Crippen LogP) is 2.78. The van der Waals surface area contributed by atoms with E-state index in [1.54, 1.807) is 13.3 Å². The van der Waals surface area contributed by atoms with Crippen molar-refractivity contribution in [2.24, 2.45) is 7.05 Å². The summed E-state index contributed by atoms with van der Waals surface area (Å²) in [6.45, 7) is 5.11. The van der Waals surface area contributed by atoms with Gasteiger partial charge in [0.15, 0.2) is 0 Å². The third kappa shape index (κ3) is 3.94. The lowest BCUT2D eigenvalue weighted by Crippen LogP contribution is -2.35. The first-order valence-corrected chi connectivity index (χ1v) is 8.05.